The first kappa shape index (κ1) is 14.9. The van der Waals surface area contributed by atoms with Crippen molar-refractivity contribution >= 4 is 5.69 Å². The lowest BCUT2D eigenvalue weighted by atomic mass is 10.1. The lowest BCUT2D eigenvalue weighted by Gasteiger charge is -2.17. The molecule has 18 heavy (non-hydrogen) atoms. The molecule has 5 heteroatoms. The zero-order valence-corrected chi connectivity index (χ0v) is 10.9. The van der Waals surface area contributed by atoms with Gasteiger partial charge >= 0.3 is 0 Å². The summed E-state index contributed by atoms with van der Waals surface area (Å²) in [6, 6.07) is 8.34. The van der Waals surface area contributed by atoms with Crippen LogP contribution in [0.1, 0.15) is 25.0 Å². The first-order valence-corrected chi connectivity index (χ1v) is 6.02. The van der Waals surface area contributed by atoms with E-state index in [0.717, 1.165) is 25.3 Å². The van der Waals surface area contributed by atoms with Crippen LogP contribution < -0.4 is 10.8 Å². The van der Waals surface area contributed by atoms with E-state index < -0.39 is 6.80 Å². The third-order valence-electron chi connectivity index (χ3n) is 2.76. The molecule has 0 amide bonds. The smallest absolute Gasteiger partial charge is 0.138 e. The molecule has 0 saturated carbocycles. The predicted octanol–water partition coefficient (Wildman–Crippen LogP) is 2.41. The van der Waals surface area contributed by atoms with Gasteiger partial charge in [-0.25, -0.2) is 4.39 Å². The van der Waals surface area contributed by atoms with Gasteiger partial charge in [-0.1, -0.05) is 12.1 Å². The van der Waals surface area contributed by atoms with Gasteiger partial charge in [0.05, 0.1) is 18.4 Å². The summed E-state index contributed by atoms with van der Waals surface area (Å²) in [5.74, 6) is 0. The molecule has 102 valence electrons. The fourth-order valence-electron chi connectivity index (χ4n) is 1.70. The van der Waals surface area contributed by atoms with Crippen molar-refractivity contribution in [2.75, 3.05) is 32.1 Å². The Morgan fingerprint density at radius 1 is 1.44 bits per heavy atom. The average Bonchev–Trinajstić information content (AvgIpc) is 2.93. The maximum absolute atomic E-state index is 10.1. The molecular weight excluding hydrogens is 235 g/mol. The molecule has 0 radical (unpaired) electrons. The molecule has 1 aliphatic rings. The second-order valence-corrected chi connectivity index (χ2v) is 3.91. The van der Waals surface area contributed by atoms with Crippen molar-refractivity contribution in [3.05, 3.63) is 29.8 Å². The number of nitrogens with zero attached hydrogens (tertiary/aromatic N) is 1. The summed E-state index contributed by atoms with van der Waals surface area (Å²) in [4.78, 5) is 5.47. The van der Waals surface area contributed by atoms with E-state index in [1.54, 1.807) is 7.11 Å². The van der Waals surface area contributed by atoms with Crippen LogP contribution in [0.25, 0.3) is 0 Å². The van der Waals surface area contributed by atoms with E-state index in [9.17, 15) is 4.39 Å². The molecule has 2 N–H and O–H groups in total. The molecule has 4 nitrogen and oxygen atoms in total. The van der Waals surface area contributed by atoms with Gasteiger partial charge in [-0.15, -0.1) is 0 Å². The van der Waals surface area contributed by atoms with Crippen molar-refractivity contribution in [3.63, 3.8) is 0 Å². The van der Waals surface area contributed by atoms with Crippen molar-refractivity contribution < 1.29 is 14.0 Å². The molecule has 1 heterocycles. The van der Waals surface area contributed by atoms with Crippen LogP contribution >= 0.6 is 0 Å². The fraction of sp³-hybridized carbons (Fsp3) is 0.538. The third-order valence-corrected chi connectivity index (χ3v) is 2.76. The number of hydrogen-bond donors (Lipinski definition) is 1. The third kappa shape index (κ3) is 4.25. The highest BCUT2D eigenvalue weighted by Gasteiger charge is 2.13. The molecule has 1 aliphatic heterocycles. The van der Waals surface area contributed by atoms with Crippen molar-refractivity contribution in [2.45, 2.75) is 19.4 Å². The molecule has 1 saturated heterocycles. The summed E-state index contributed by atoms with van der Waals surface area (Å²) in [5.41, 5.74) is 6.50. The van der Waals surface area contributed by atoms with Crippen molar-refractivity contribution in [2.24, 2.45) is 5.73 Å². The number of ether oxygens (including phenoxy) is 1. The van der Waals surface area contributed by atoms with Crippen molar-refractivity contribution in [1.29, 1.82) is 0 Å². The SMILES string of the molecule is COC(C)c1ccc(N2CCCO2)cc1.NCF. The summed E-state index contributed by atoms with van der Waals surface area (Å²) < 4.78 is 15.3. The Morgan fingerprint density at radius 3 is 2.50 bits per heavy atom. The highest BCUT2D eigenvalue weighted by Crippen LogP contribution is 2.22. The Hall–Kier alpha value is -1.17. The van der Waals surface area contributed by atoms with Crippen LogP contribution in [0.4, 0.5) is 10.1 Å². The lowest BCUT2D eigenvalue weighted by Crippen LogP contribution is -2.15. The van der Waals surface area contributed by atoms with E-state index in [1.807, 2.05) is 12.0 Å². The Balaban J connectivity index is 0.000000492. The number of benzene rings is 1. The summed E-state index contributed by atoms with van der Waals surface area (Å²) in [6.07, 6.45) is 1.26. The highest BCUT2D eigenvalue weighted by molar-refractivity contribution is 5.46. The topological polar surface area (TPSA) is 47.7 Å². The van der Waals surface area contributed by atoms with Gasteiger partial charge in [0.1, 0.15) is 6.80 Å². The normalized spacial score (nSPS) is 16.1. The Labute approximate surface area is 107 Å². The summed E-state index contributed by atoms with van der Waals surface area (Å²) in [6.45, 7) is 3.11. The van der Waals surface area contributed by atoms with Crippen LogP contribution in [0.2, 0.25) is 0 Å². The van der Waals surface area contributed by atoms with E-state index in [0.29, 0.717) is 0 Å². The molecule has 0 bridgehead atoms. The maximum atomic E-state index is 10.1. The lowest BCUT2D eigenvalue weighted by molar-refractivity contribution is 0.119. The second kappa shape index (κ2) is 8.02. The first-order valence-electron chi connectivity index (χ1n) is 6.02. The molecule has 1 fully saturated rings. The number of halogens is 1. The van der Waals surface area contributed by atoms with E-state index in [2.05, 4.69) is 30.0 Å². The molecule has 1 aromatic carbocycles. The van der Waals surface area contributed by atoms with E-state index in [4.69, 9.17) is 9.57 Å². The number of anilines is 1. The number of alkyl halides is 1. The quantitative estimate of drug-likeness (QED) is 0.844. The van der Waals surface area contributed by atoms with Crippen LogP contribution in [-0.4, -0.2) is 27.1 Å². The average molecular weight is 256 g/mol. The van der Waals surface area contributed by atoms with Gasteiger partial charge < -0.3 is 10.5 Å². The van der Waals surface area contributed by atoms with Crippen molar-refractivity contribution in [1.82, 2.24) is 0 Å². The maximum Gasteiger partial charge on any atom is 0.138 e. The minimum absolute atomic E-state index is 0.151. The van der Waals surface area contributed by atoms with Crippen LogP contribution in [0, 0.1) is 0 Å². The first-order chi connectivity index (χ1) is 8.72. The van der Waals surface area contributed by atoms with E-state index >= 15 is 0 Å². The van der Waals surface area contributed by atoms with Gasteiger partial charge in [-0.05, 0) is 31.0 Å². The van der Waals surface area contributed by atoms with Gasteiger partial charge in [0.2, 0.25) is 0 Å². The fourth-order valence-corrected chi connectivity index (χ4v) is 1.70. The Bertz CT molecular complexity index is 326. The van der Waals surface area contributed by atoms with Gasteiger partial charge in [-0.3, -0.25) is 9.90 Å². The standard InChI is InChI=1S/C12H17NO2.CH4FN/c1-10(14-2)11-4-6-12(7-5-11)13-8-3-9-15-13;2-1-3/h4-7,10H,3,8-9H2,1-2H3;1,3H2. The van der Waals surface area contributed by atoms with Crippen LogP contribution in [-0.2, 0) is 9.57 Å². The molecule has 0 aliphatic carbocycles. The highest BCUT2D eigenvalue weighted by atomic mass is 19.1. The minimum atomic E-state index is -0.750. The molecule has 1 atom stereocenters. The van der Waals surface area contributed by atoms with Gasteiger partial charge in [-0.2, -0.15) is 0 Å². The molecule has 1 unspecified atom stereocenters. The van der Waals surface area contributed by atoms with E-state index in [-0.39, 0.29) is 6.10 Å². The molecule has 0 spiro atoms. The Kier molecular flexibility index (Phi) is 6.64. The van der Waals surface area contributed by atoms with Gasteiger partial charge in [0.25, 0.3) is 0 Å². The number of rotatable bonds is 3. The molecule has 2 rings (SSSR count). The number of methoxy groups -OCH3 is 1. The zero-order valence-electron chi connectivity index (χ0n) is 10.9. The predicted molar refractivity (Wildman–Crippen MR) is 69.9 cm³/mol. The number of hydrogen-bond acceptors (Lipinski definition) is 4. The summed E-state index contributed by atoms with van der Waals surface area (Å²) >= 11 is 0. The minimum Gasteiger partial charge on any atom is -0.377 e. The zero-order chi connectivity index (χ0) is 13.4. The van der Waals surface area contributed by atoms with Gasteiger partial charge in [0, 0.05) is 13.7 Å². The van der Waals surface area contributed by atoms with Crippen LogP contribution in [0.15, 0.2) is 24.3 Å². The number of nitrogens with two attached hydrogens (primary N) is 1. The number of hydroxylamine groups is 1. The van der Waals surface area contributed by atoms with Crippen LogP contribution in [0.5, 0.6) is 0 Å². The molecule has 1 aromatic rings. The second-order valence-electron chi connectivity index (χ2n) is 3.91. The molecule has 0 aromatic heterocycles. The Morgan fingerprint density at radius 2 is 2.06 bits per heavy atom. The molecular formula is C13H21FN2O2. The largest absolute Gasteiger partial charge is 0.377 e. The van der Waals surface area contributed by atoms with E-state index in [1.165, 1.54) is 5.56 Å². The monoisotopic (exact) mass is 256 g/mol. The van der Waals surface area contributed by atoms with Gasteiger partial charge in [0.15, 0.2) is 0 Å². The van der Waals surface area contributed by atoms with Crippen LogP contribution in [0.3, 0.4) is 0 Å². The van der Waals surface area contributed by atoms with Crippen molar-refractivity contribution in [3.8, 4) is 0 Å². The summed E-state index contributed by atoms with van der Waals surface area (Å²) in [5, 5.41) is 1.95. The summed E-state index contributed by atoms with van der Waals surface area (Å²) in [7, 11) is 1.72.